The highest BCUT2D eigenvalue weighted by atomic mass is 79.9. The van der Waals surface area contributed by atoms with Crippen LogP contribution in [0, 0.1) is 30.6 Å². The van der Waals surface area contributed by atoms with Crippen molar-refractivity contribution in [2.45, 2.75) is 23.0 Å². The first-order valence-corrected chi connectivity index (χ1v) is 11.0. The number of ketones is 1. The average Bonchev–Trinajstić information content (AvgIpc) is 3.27. The maximum Gasteiger partial charge on any atom is 0.326 e. The maximum atomic E-state index is 12.8. The number of alkyl halides is 2. The standard InChI is InChI=1S/C20H19Br2NO5/c1-9-2-4-10(5-3-9)13(24)8-28-14(25)7-23-19(26)15-11-6-12(16(15)20(23)27)18(22)17(11)21/h2-5,11-12,15-18H,6-8H2,1H3/t11-,12-,15-,16-,17-,18+/m1/s1. The lowest BCUT2D eigenvalue weighted by atomic mass is 9.81. The molecule has 3 aliphatic rings. The normalized spacial score (nSPS) is 33.3. The van der Waals surface area contributed by atoms with Gasteiger partial charge in [0.1, 0.15) is 6.54 Å². The van der Waals surface area contributed by atoms with E-state index in [1.54, 1.807) is 24.3 Å². The van der Waals surface area contributed by atoms with E-state index in [4.69, 9.17) is 4.74 Å². The molecule has 28 heavy (non-hydrogen) atoms. The van der Waals surface area contributed by atoms with E-state index in [2.05, 4.69) is 31.9 Å². The maximum absolute atomic E-state index is 12.8. The van der Waals surface area contributed by atoms with Crippen LogP contribution in [0.2, 0.25) is 0 Å². The number of benzene rings is 1. The van der Waals surface area contributed by atoms with Crippen molar-refractivity contribution in [1.82, 2.24) is 4.90 Å². The van der Waals surface area contributed by atoms with Crippen molar-refractivity contribution in [2.24, 2.45) is 23.7 Å². The zero-order valence-electron chi connectivity index (χ0n) is 15.1. The number of carbonyl (C=O) groups excluding carboxylic acids is 4. The Morgan fingerprint density at radius 2 is 1.57 bits per heavy atom. The third-order valence-corrected chi connectivity index (χ3v) is 9.31. The van der Waals surface area contributed by atoms with Gasteiger partial charge in [0, 0.05) is 15.2 Å². The highest BCUT2D eigenvalue weighted by Crippen LogP contribution is 2.60. The summed E-state index contributed by atoms with van der Waals surface area (Å²) in [6, 6.07) is 6.95. The molecule has 2 saturated carbocycles. The van der Waals surface area contributed by atoms with E-state index in [0.29, 0.717) is 5.56 Å². The first-order valence-electron chi connectivity index (χ1n) is 9.18. The van der Waals surface area contributed by atoms with Gasteiger partial charge in [-0.05, 0) is 25.2 Å². The van der Waals surface area contributed by atoms with E-state index in [1.807, 2.05) is 6.92 Å². The number of fused-ring (bicyclic) bond motifs is 5. The Bertz CT molecular complexity index is 823. The fourth-order valence-corrected chi connectivity index (χ4v) is 6.58. The van der Waals surface area contributed by atoms with Gasteiger partial charge in [0.15, 0.2) is 12.4 Å². The SMILES string of the molecule is Cc1ccc(C(=O)COC(=O)CN2C(=O)[C@@H]3[C@H]4C[C@@H]([C@@H](Br)[C@H]4Br)[C@H]3C2=O)cc1. The number of ether oxygens (including phenoxy) is 1. The Balaban J connectivity index is 1.36. The molecule has 6 nitrogen and oxygen atoms in total. The molecule has 0 spiro atoms. The Morgan fingerprint density at radius 1 is 1.04 bits per heavy atom. The number of halogens is 2. The second-order valence-electron chi connectivity index (χ2n) is 7.72. The molecule has 4 rings (SSSR count). The molecule has 2 aliphatic carbocycles. The number of imide groups is 1. The number of likely N-dealkylation sites (tertiary alicyclic amines) is 1. The summed E-state index contributed by atoms with van der Waals surface area (Å²) in [5.41, 5.74) is 1.47. The Hall–Kier alpha value is -1.54. The number of hydrogen-bond donors (Lipinski definition) is 0. The molecule has 0 N–H and O–H groups in total. The molecule has 1 aromatic rings. The van der Waals surface area contributed by atoms with Crippen LogP contribution in [0.5, 0.6) is 0 Å². The van der Waals surface area contributed by atoms with Crippen LogP contribution >= 0.6 is 31.9 Å². The lowest BCUT2D eigenvalue weighted by Gasteiger charge is -2.28. The third kappa shape index (κ3) is 3.14. The van der Waals surface area contributed by atoms with Crippen LogP contribution in [-0.2, 0) is 19.1 Å². The third-order valence-electron chi connectivity index (χ3n) is 6.10. The topological polar surface area (TPSA) is 80.8 Å². The molecule has 8 heteroatoms. The molecule has 0 radical (unpaired) electrons. The van der Waals surface area contributed by atoms with Crippen molar-refractivity contribution in [2.75, 3.05) is 13.2 Å². The molecule has 148 valence electrons. The second kappa shape index (κ2) is 7.37. The Morgan fingerprint density at radius 3 is 2.11 bits per heavy atom. The number of carbonyl (C=O) groups is 4. The minimum Gasteiger partial charge on any atom is -0.456 e. The Labute approximate surface area is 179 Å². The van der Waals surface area contributed by atoms with Gasteiger partial charge in [-0.15, -0.1) is 0 Å². The molecule has 1 heterocycles. The van der Waals surface area contributed by atoms with E-state index in [1.165, 1.54) is 0 Å². The zero-order chi connectivity index (χ0) is 20.2. The zero-order valence-corrected chi connectivity index (χ0v) is 18.3. The molecule has 2 amide bonds. The molecular weight excluding hydrogens is 494 g/mol. The van der Waals surface area contributed by atoms with Crippen molar-refractivity contribution in [3.8, 4) is 0 Å². The fraction of sp³-hybridized carbons (Fsp3) is 0.500. The summed E-state index contributed by atoms with van der Waals surface area (Å²) in [4.78, 5) is 51.1. The van der Waals surface area contributed by atoms with Crippen LogP contribution in [0.15, 0.2) is 24.3 Å². The van der Waals surface area contributed by atoms with E-state index >= 15 is 0 Å². The molecule has 0 unspecified atom stereocenters. The van der Waals surface area contributed by atoms with Crippen LogP contribution in [0.1, 0.15) is 22.3 Å². The summed E-state index contributed by atoms with van der Waals surface area (Å²) in [6.45, 7) is 1.06. The molecule has 2 bridgehead atoms. The van der Waals surface area contributed by atoms with Crippen LogP contribution in [0.25, 0.3) is 0 Å². The first-order chi connectivity index (χ1) is 13.3. The van der Waals surface area contributed by atoms with Gasteiger partial charge in [0.25, 0.3) is 0 Å². The molecule has 3 fully saturated rings. The molecule has 0 aromatic heterocycles. The molecule has 6 atom stereocenters. The van der Waals surface area contributed by atoms with Crippen molar-refractivity contribution in [1.29, 1.82) is 0 Å². The highest BCUT2D eigenvalue weighted by Gasteiger charge is 2.66. The van der Waals surface area contributed by atoms with Gasteiger partial charge in [0.05, 0.1) is 11.8 Å². The average molecular weight is 513 g/mol. The predicted octanol–water partition coefficient (Wildman–Crippen LogP) is 2.50. The van der Waals surface area contributed by atoms with E-state index in [9.17, 15) is 19.2 Å². The van der Waals surface area contributed by atoms with Crippen LogP contribution in [0.3, 0.4) is 0 Å². The summed E-state index contributed by atoms with van der Waals surface area (Å²) in [6.07, 6.45) is 0.835. The van der Waals surface area contributed by atoms with Crippen LogP contribution < -0.4 is 0 Å². The number of nitrogens with zero attached hydrogens (tertiary/aromatic N) is 1. The molecule has 1 aliphatic heterocycles. The largest absolute Gasteiger partial charge is 0.456 e. The minimum atomic E-state index is -0.750. The van der Waals surface area contributed by atoms with Gasteiger partial charge < -0.3 is 4.74 Å². The summed E-state index contributed by atoms with van der Waals surface area (Å²) >= 11 is 7.25. The predicted molar refractivity (Wildman–Crippen MR) is 107 cm³/mol. The number of Topliss-reactive ketones (excluding diaryl/α,β-unsaturated/α-hetero) is 1. The number of rotatable bonds is 5. The van der Waals surface area contributed by atoms with Crippen molar-refractivity contribution < 1.29 is 23.9 Å². The van der Waals surface area contributed by atoms with Crippen molar-refractivity contribution in [3.63, 3.8) is 0 Å². The van der Waals surface area contributed by atoms with Gasteiger partial charge in [-0.2, -0.15) is 0 Å². The lowest BCUT2D eigenvalue weighted by molar-refractivity contribution is -0.152. The van der Waals surface area contributed by atoms with E-state index in [0.717, 1.165) is 16.9 Å². The number of amides is 2. The Kier molecular flexibility index (Phi) is 5.20. The first kappa shape index (κ1) is 19.8. The van der Waals surface area contributed by atoms with Gasteiger partial charge in [0.2, 0.25) is 11.8 Å². The second-order valence-corrected chi connectivity index (χ2v) is 9.83. The van der Waals surface area contributed by atoms with Crippen molar-refractivity contribution >= 4 is 55.4 Å². The number of hydrogen-bond acceptors (Lipinski definition) is 5. The van der Waals surface area contributed by atoms with E-state index in [-0.39, 0.29) is 50.9 Å². The minimum absolute atomic E-state index is 0.0972. The smallest absolute Gasteiger partial charge is 0.326 e. The van der Waals surface area contributed by atoms with E-state index < -0.39 is 19.1 Å². The summed E-state index contributed by atoms with van der Waals surface area (Å²) in [7, 11) is 0. The quantitative estimate of drug-likeness (QED) is 0.262. The summed E-state index contributed by atoms with van der Waals surface area (Å²) in [5, 5.41) is 0. The lowest BCUT2D eigenvalue weighted by Crippen LogP contribution is -2.38. The molecular formula is C20H19Br2NO5. The molecule has 1 saturated heterocycles. The van der Waals surface area contributed by atoms with Crippen molar-refractivity contribution in [3.05, 3.63) is 35.4 Å². The van der Waals surface area contributed by atoms with Gasteiger partial charge in [-0.25, -0.2) is 0 Å². The van der Waals surface area contributed by atoms with Gasteiger partial charge >= 0.3 is 5.97 Å². The number of aryl methyl sites for hydroxylation is 1. The highest BCUT2D eigenvalue weighted by molar-refractivity contribution is 9.12. The van der Waals surface area contributed by atoms with Gasteiger partial charge in [-0.3, -0.25) is 24.1 Å². The fourth-order valence-electron chi connectivity index (χ4n) is 4.71. The van der Waals surface area contributed by atoms with Gasteiger partial charge in [-0.1, -0.05) is 61.7 Å². The number of esters is 1. The summed E-state index contributed by atoms with van der Waals surface area (Å²) in [5.74, 6) is -2.21. The summed E-state index contributed by atoms with van der Waals surface area (Å²) < 4.78 is 5.03. The molecule has 1 aromatic carbocycles. The van der Waals surface area contributed by atoms with Crippen LogP contribution in [-0.4, -0.2) is 51.3 Å². The van der Waals surface area contributed by atoms with Crippen LogP contribution in [0.4, 0.5) is 0 Å². The monoisotopic (exact) mass is 511 g/mol.